The van der Waals surface area contributed by atoms with E-state index in [2.05, 4.69) is 15.2 Å². The van der Waals surface area contributed by atoms with Crippen LogP contribution < -0.4 is 4.74 Å². The molecule has 1 aromatic carbocycles. The third kappa shape index (κ3) is 2.57. The smallest absolute Gasteiger partial charge is 0.291 e. The lowest BCUT2D eigenvalue weighted by molar-refractivity contribution is 0.0729. The molecule has 0 aliphatic carbocycles. The van der Waals surface area contributed by atoms with Crippen LogP contribution in [0, 0.1) is 0 Å². The molecule has 6 nitrogen and oxygen atoms in total. The number of methoxy groups -OCH3 is 1. The maximum absolute atomic E-state index is 12.2. The Balaban J connectivity index is 2.23. The Hall–Kier alpha value is -2.37. The van der Waals surface area contributed by atoms with Crippen molar-refractivity contribution in [2.45, 2.75) is 13.0 Å². The molecule has 100 valence electrons. The molecular formula is C13H16N4O2. The van der Waals surface area contributed by atoms with Crippen LogP contribution in [0.4, 0.5) is 0 Å². The number of hydrogen-bond donors (Lipinski definition) is 1. The van der Waals surface area contributed by atoms with Crippen molar-refractivity contribution in [2.24, 2.45) is 0 Å². The van der Waals surface area contributed by atoms with Gasteiger partial charge < -0.3 is 9.64 Å². The number of benzene rings is 1. The van der Waals surface area contributed by atoms with Crippen molar-refractivity contribution in [2.75, 3.05) is 14.2 Å². The van der Waals surface area contributed by atoms with Crippen molar-refractivity contribution < 1.29 is 9.53 Å². The van der Waals surface area contributed by atoms with Crippen molar-refractivity contribution in [3.63, 3.8) is 0 Å². The van der Waals surface area contributed by atoms with E-state index in [0.717, 1.165) is 11.3 Å². The summed E-state index contributed by atoms with van der Waals surface area (Å²) in [7, 11) is 3.34. The molecule has 1 unspecified atom stereocenters. The number of nitrogens with zero attached hydrogens (tertiary/aromatic N) is 3. The van der Waals surface area contributed by atoms with Crippen molar-refractivity contribution in [3.8, 4) is 5.75 Å². The molecule has 0 bridgehead atoms. The molecule has 2 aromatic rings. The Bertz CT molecular complexity index is 554. The lowest BCUT2D eigenvalue weighted by Gasteiger charge is -2.25. The molecular weight excluding hydrogens is 244 g/mol. The number of ether oxygens (including phenoxy) is 1. The minimum Gasteiger partial charge on any atom is -0.496 e. The highest BCUT2D eigenvalue weighted by Crippen LogP contribution is 2.28. The number of H-pyrrole nitrogens is 1. The molecule has 0 saturated heterocycles. The van der Waals surface area contributed by atoms with E-state index in [1.54, 1.807) is 19.1 Å². The molecule has 1 amide bonds. The number of hydrogen-bond acceptors (Lipinski definition) is 4. The molecule has 6 heteroatoms. The third-order valence-electron chi connectivity index (χ3n) is 3.11. The Morgan fingerprint density at radius 1 is 1.42 bits per heavy atom. The molecule has 1 N–H and O–H groups in total. The summed E-state index contributed by atoms with van der Waals surface area (Å²) in [5.74, 6) is 0.771. The standard InChI is InChI=1S/C13H16N4O2/c1-9(10-6-4-5-7-11(10)19-3)17(2)13(18)12-14-8-15-16-12/h4-9H,1-3H3,(H,14,15,16). The Morgan fingerprint density at radius 3 is 2.79 bits per heavy atom. The number of nitrogens with one attached hydrogen (secondary N) is 1. The first kappa shape index (κ1) is 13.1. The van der Waals surface area contributed by atoms with Gasteiger partial charge in [0.05, 0.1) is 13.2 Å². The van der Waals surface area contributed by atoms with Gasteiger partial charge in [0.1, 0.15) is 12.1 Å². The van der Waals surface area contributed by atoms with Crippen molar-refractivity contribution in [1.29, 1.82) is 0 Å². The SMILES string of the molecule is COc1ccccc1C(C)N(C)C(=O)c1ncn[nH]1. The second-order valence-corrected chi connectivity index (χ2v) is 4.17. The summed E-state index contributed by atoms with van der Waals surface area (Å²) in [4.78, 5) is 17.6. The molecule has 1 aromatic heterocycles. The minimum absolute atomic E-state index is 0.131. The van der Waals surface area contributed by atoms with E-state index in [9.17, 15) is 4.79 Å². The number of carbonyl (C=O) groups excluding carboxylic acids is 1. The van der Waals surface area contributed by atoms with Crippen LogP contribution in [0.5, 0.6) is 5.75 Å². The summed E-state index contributed by atoms with van der Waals surface area (Å²) in [6.07, 6.45) is 1.31. The summed E-state index contributed by atoms with van der Waals surface area (Å²) in [6, 6.07) is 7.49. The number of aromatic amines is 1. The van der Waals surface area contributed by atoms with Crippen molar-refractivity contribution >= 4 is 5.91 Å². The van der Waals surface area contributed by atoms with Crippen LogP contribution in [0.3, 0.4) is 0 Å². The van der Waals surface area contributed by atoms with Crippen LogP contribution in [0.2, 0.25) is 0 Å². The van der Waals surface area contributed by atoms with E-state index in [4.69, 9.17) is 4.74 Å². The lowest BCUT2D eigenvalue weighted by atomic mass is 10.1. The van der Waals surface area contributed by atoms with Crippen LogP contribution >= 0.6 is 0 Å². The van der Waals surface area contributed by atoms with E-state index in [-0.39, 0.29) is 17.8 Å². The average molecular weight is 260 g/mol. The van der Waals surface area contributed by atoms with E-state index in [1.807, 2.05) is 31.2 Å². The Labute approximate surface area is 111 Å². The second-order valence-electron chi connectivity index (χ2n) is 4.17. The zero-order valence-corrected chi connectivity index (χ0v) is 11.1. The first-order chi connectivity index (χ1) is 9.15. The maximum atomic E-state index is 12.2. The van der Waals surface area contributed by atoms with E-state index >= 15 is 0 Å². The van der Waals surface area contributed by atoms with Crippen molar-refractivity contribution in [1.82, 2.24) is 20.1 Å². The largest absolute Gasteiger partial charge is 0.496 e. The van der Waals surface area contributed by atoms with E-state index in [1.165, 1.54) is 6.33 Å². The van der Waals surface area contributed by atoms with Gasteiger partial charge in [-0.15, -0.1) is 0 Å². The fourth-order valence-electron chi connectivity index (χ4n) is 1.87. The Morgan fingerprint density at radius 2 is 2.16 bits per heavy atom. The van der Waals surface area contributed by atoms with Gasteiger partial charge in [0.25, 0.3) is 5.91 Å². The van der Waals surface area contributed by atoms with Crippen molar-refractivity contribution in [3.05, 3.63) is 42.0 Å². The fraction of sp³-hybridized carbons (Fsp3) is 0.308. The summed E-state index contributed by atoms with van der Waals surface area (Å²) in [5.41, 5.74) is 0.945. The average Bonchev–Trinajstić information content (AvgIpc) is 2.99. The van der Waals surface area contributed by atoms with Crippen LogP contribution in [-0.4, -0.2) is 40.1 Å². The normalized spacial score (nSPS) is 11.9. The van der Waals surface area contributed by atoms with Gasteiger partial charge >= 0.3 is 0 Å². The van der Waals surface area contributed by atoms with Crippen LogP contribution in [0.25, 0.3) is 0 Å². The highest BCUT2D eigenvalue weighted by atomic mass is 16.5. The first-order valence-electron chi connectivity index (χ1n) is 5.90. The highest BCUT2D eigenvalue weighted by molar-refractivity contribution is 5.90. The molecule has 19 heavy (non-hydrogen) atoms. The molecule has 0 fully saturated rings. The number of amides is 1. The zero-order valence-electron chi connectivity index (χ0n) is 11.1. The van der Waals surface area contributed by atoms with Gasteiger partial charge in [-0.2, -0.15) is 5.10 Å². The number of rotatable bonds is 4. The molecule has 0 aliphatic heterocycles. The highest BCUT2D eigenvalue weighted by Gasteiger charge is 2.22. The fourth-order valence-corrected chi connectivity index (χ4v) is 1.87. The first-order valence-corrected chi connectivity index (χ1v) is 5.90. The predicted molar refractivity (Wildman–Crippen MR) is 69.9 cm³/mol. The molecule has 0 radical (unpaired) electrons. The molecule has 0 aliphatic rings. The van der Waals surface area contributed by atoms with Gasteiger partial charge in [-0.3, -0.25) is 9.89 Å². The van der Waals surface area contributed by atoms with Crippen LogP contribution in [0.1, 0.15) is 29.1 Å². The Kier molecular flexibility index (Phi) is 3.79. The van der Waals surface area contributed by atoms with Gasteiger partial charge in [0.2, 0.25) is 5.82 Å². The predicted octanol–water partition coefficient (Wildman–Crippen LogP) is 1.65. The van der Waals surface area contributed by atoms with Gasteiger partial charge in [-0.05, 0) is 13.0 Å². The summed E-state index contributed by atoms with van der Waals surface area (Å²) in [5, 5.41) is 6.25. The number of carbonyl (C=O) groups is 1. The minimum atomic E-state index is -0.212. The van der Waals surface area contributed by atoms with Gasteiger partial charge in [-0.1, -0.05) is 18.2 Å². The van der Waals surface area contributed by atoms with E-state index < -0.39 is 0 Å². The van der Waals surface area contributed by atoms with Gasteiger partial charge in [0.15, 0.2) is 0 Å². The maximum Gasteiger partial charge on any atom is 0.291 e. The number of para-hydroxylation sites is 1. The summed E-state index contributed by atoms with van der Waals surface area (Å²) >= 11 is 0. The van der Waals surface area contributed by atoms with Gasteiger partial charge in [0, 0.05) is 12.6 Å². The number of aromatic nitrogens is 3. The summed E-state index contributed by atoms with van der Waals surface area (Å²) < 4.78 is 5.31. The molecule has 1 heterocycles. The molecule has 0 spiro atoms. The quantitative estimate of drug-likeness (QED) is 0.907. The topological polar surface area (TPSA) is 71.1 Å². The molecule has 2 rings (SSSR count). The van der Waals surface area contributed by atoms with Crippen LogP contribution in [-0.2, 0) is 0 Å². The summed E-state index contributed by atoms with van der Waals surface area (Å²) in [6.45, 7) is 1.94. The van der Waals surface area contributed by atoms with E-state index in [0.29, 0.717) is 0 Å². The second kappa shape index (κ2) is 5.51. The zero-order chi connectivity index (χ0) is 13.8. The van der Waals surface area contributed by atoms with Gasteiger partial charge in [-0.25, -0.2) is 4.98 Å². The lowest BCUT2D eigenvalue weighted by Crippen LogP contribution is -2.30. The molecule has 1 atom stereocenters. The molecule has 0 saturated carbocycles. The monoisotopic (exact) mass is 260 g/mol. The third-order valence-corrected chi connectivity index (χ3v) is 3.11. The van der Waals surface area contributed by atoms with Crippen LogP contribution in [0.15, 0.2) is 30.6 Å².